The van der Waals surface area contributed by atoms with E-state index in [0.717, 1.165) is 28.0 Å². The number of primary sulfonamides is 1. The fraction of sp³-hybridized carbons (Fsp3) is 0.0370. The van der Waals surface area contributed by atoms with E-state index in [-0.39, 0.29) is 4.90 Å². The highest BCUT2D eigenvalue weighted by Gasteiger charge is 2.15. The summed E-state index contributed by atoms with van der Waals surface area (Å²) in [7, 11) is -3.84. The zero-order chi connectivity index (χ0) is 25.0. The predicted molar refractivity (Wildman–Crippen MR) is 141 cm³/mol. The SMILES string of the molecule is C=C.Cc1cc(Nc2ccc(-c3ccccc3S(N)(=O)=O)cn2)n(-c2ccc3ccccc3c2)n1. The Kier molecular flexibility index (Phi) is 6.77. The second-order valence-electron chi connectivity index (χ2n) is 7.71. The minimum atomic E-state index is -3.84. The van der Waals surface area contributed by atoms with Gasteiger partial charge in [-0.25, -0.2) is 23.2 Å². The summed E-state index contributed by atoms with van der Waals surface area (Å²) in [5.41, 5.74) is 2.97. The zero-order valence-corrected chi connectivity index (χ0v) is 20.0. The molecule has 0 aliphatic carbocycles. The van der Waals surface area contributed by atoms with Crippen molar-refractivity contribution in [1.29, 1.82) is 0 Å². The van der Waals surface area contributed by atoms with Crippen LogP contribution in [0.15, 0.2) is 109 Å². The predicted octanol–water partition coefficient (Wildman–Crippen LogP) is 5.59. The molecule has 0 atom stereocenters. The molecule has 0 saturated heterocycles. The number of hydrogen-bond donors (Lipinski definition) is 2. The van der Waals surface area contributed by atoms with Gasteiger partial charge >= 0.3 is 0 Å². The van der Waals surface area contributed by atoms with Crippen LogP contribution in [0.4, 0.5) is 11.6 Å². The van der Waals surface area contributed by atoms with Crippen LogP contribution >= 0.6 is 0 Å². The highest BCUT2D eigenvalue weighted by Crippen LogP contribution is 2.28. The van der Waals surface area contributed by atoms with Crippen LogP contribution in [0.3, 0.4) is 0 Å². The lowest BCUT2D eigenvalue weighted by atomic mass is 10.1. The summed E-state index contributed by atoms with van der Waals surface area (Å²) in [6.07, 6.45) is 1.62. The molecule has 2 heterocycles. The van der Waals surface area contributed by atoms with Crippen molar-refractivity contribution in [1.82, 2.24) is 14.8 Å². The Morgan fingerprint density at radius 1 is 0.886 bits per heavy atom. The van der Waals surface area contributed by atoms with Gasteiger partial charge in [0.25, 0.3) is 0 Å². The van der Waals surface area contributed by atoms with Crippen LogP contribution in [0.25, 0.3) is 27.6 Å². The third-order valence-electron chi connectivity index (χ3n) is 5.33. The first-order valence-corrected chi connectivity index (χ1v) is 12.3. The molecule has 2 aromatic heterocycles. The Morgan fingerprint density at radius 3 is 2.31 bits per heavy atom. The first-order valence-electron chi connectivity index (χ1n) is 10.8. The summed E-state index contributed by atoms with van der Waals surface area (Å²) in [5.74, 6) is 1.38. The molecule has 7 nitrogen and oxygen atoms in total. The van der Waals surface area contributed by atoms with Crippen LogP contribution in [-0.2, 0) is 10.0 Å². The number of anilines is 2. The van der Waals surface area contributed by atoms with E-state index in [9.17, 15) is 8.42 Å². The van der Waals surface area contributed by atoms with Gasteiger partial charge in [0.05, 0.1) is 16.3 Å². The van der Waals surface area contributed by atoms with E-state index in [2.05, 4.69) is 52.8 Å². The molecule has 5 rings (SSSR count). The number of hydrogen-bond acceptors (Lipinski definition) is 5. The number of pyridine rings is 1. The molecule has 35 heavy (non-hydrogen) atoms. The lowest BCUT2D eigenvalue weighted by Crippen LogP contribution is -2.13. The summed E-state index contributed by atoms with van der Waals surface area (Å²) in [6, 6.07) is 26.5. The summed E-state index contributed by atoms with van der Waals surface area (Å²) < 4.78 is 25.7. The van der Waals surface area contributed by atoms with Crippen molar-refractivity contribution in [3.63, 3.8) is 0 Å². The molecule has 3 N–H and O–H groups in total. The number of sulfonamides is 1. The van der Waals surface area contributed by atoms with Gasteiger partial charge < -0.3 is 5.32 Å². The fourth-order valence-electron chi connectivity index (χ4n) is 3.81. The standard InChI is InChI=1S/C25H21N5O2S.C2H4/c1-17-14-25(30(29-17)21-12-10-18-6-2-3-7-19(18)15-21)28-24-13-11-20(16-27-24)22-8-4-5-9-23(22)33(26,31)32;1-2/h2-16H,1H3,(H,27,28)(H2,26,31,32);1-2H2. The Balaban J connectivity index is 0.00000141. The van der Waals surface area contributed by atoms with Crippen molar-refractivity contribution in [3.05, 3.63) is 110 Å². The Morgan fingerprint density at radius 2 is 1.60 bits per heavy atom. The van der Waals surface area contributed by atoms with Gasteiger partial charge in [0.2, 0.25) is 10.0 Å². The Bertz CT molecular complexity index is 1590. The van der Waals surface area contributed by atoms with Crippen molar-refractivity contribution in [2.45, 2.75) is 11.8 Å². The molecule has 3 aromatic carbocycles. The summed E-state index contributed by atoms with van der Waals surface area (Å²) >= 11 is 0. The van der Waals surface area contributed by atoms with Crippen molar-refractivity contribution in [2.24, 2.45) is 5.14 Å². The van der Waals surface area contributed by atoms with Gasteiger partial charge in [-0.15, -0.1) is 13.2 Å². The van der Waals surface area contributed by atoms with E-state index in [1.807, 2.05) is 41.9 Å². The highest BCUT2D eigenvalue weighted by molar-refractivity contribution is 7.89. The van der Waals surface area contributed by atoms with Crippen LogP contribution < -0.4 is 10.5 Å². The average molecular weight is 484 g/mol. The second-order valence-corrected chi connectivity index (χ2v) is 9.24. The third-order valence-corrected chi connectivity index (χ3v) is 6.30. The number of aryl methyl sites for hydroxylation is 1. The van der Waals surface area contributed by atoms with Crippen LogP contribution in [0.5, 0.6) is 0 Å². The van der Waals surface area contributed by atoms with Crippen LogP contribution in [0.2, 0.25) is 0 Å². The normalized spacial score (nSPS) is 11.0. The van der Waals surface area contributed by atoms with Gasteiger partial charge in [0, 0.05) is 23.4 Å². The molecule has 8 heteroatoms. The first kappa shape index (κ1) is 23.9. The topological polar surface area (TPSA) is 103 Å². The van der Waals surface area contributed by atoms with E-state index in [0.29, 0.717) is 16.9 Å². The largest absolute Gasteiger partial charge is 0.325 e. The molecule has 0 fully saturated rings. The maximum atomic E-state index is 11.9. The molecule has 0 radical (unpaired) electrons. The van der Waals surface area contributed by atoms with Crippen LogP contribution in [0, 0.1) is 6.92 Å². The second kappa shape index (κ2) is 9.92. The van der Waals surface area contributed by atoms with E-state index in [1.165, 1.54) is 6.07 Å². The monoisotopic (exact) mass is 483 g/mol. The number of nitrogens with zero attached hydrogens (tertiary/aromatic N) is 3. The lowest BCUT2D eigenvalue weighted by molar-refractivity contribution is 0.598. The number of nitrogens with two attached hydrogens (primary N) is 1. The van der Waals surface area contributed by atoms with Crippen molar-refractivity contribution < 1.29 is 8.42 Å². The van der Waals surface area contributed by atoms with E-state index < -0.39 is 10.0 Å². The molecule has 0 spiro atoms. The van der Waals surface area contributed by atoms with Gasteiger partial charge in [-0.05, 0) is 48.0 Å². The van der Waals surface area contributed by atoms with Gasteiger partial charge in [-0.1, -0.05) is 48.5 Å². The van der Waals surface area contributed by atoms with Crippen LogP contribution in [0.1, 0.15) is 5.69 Å². The molecule has 0 unspecified atom stereocenters. The minimum Gasteiger partial charge on any atom is -0.325 e. The minimum absolute atomic E-state index is 0.0671. The first-order chi connectivity index (χ1) is 16.9. The smallest absolute Gasteiger partial charge is 0.238 e. The maximum absolute atomic E-state index is 11.9. The highest BCUT2D eigenvalue weighted by atomic mass is 32.2. The molecule has 0 amide bonds. The van der Waals surface area contributed by atoms with Gasteiger partial charge in [0.1, 0.15) is 11.6 Å². The average Bonchev–Trinajstić information content (AvgIpc) is 3.24. The molecule has 0 aliphatic rings. The third kappa shape index (κ3) is 5.13. The van der Waals surface area contributed by atoms with Crippen molar-refractivity contribution in [2.75, 3.05) is 5.32 Å². The molecule has 0 bridgehead atoms. The fourth-order valence-corrected chi connectivity index (χ4v) is 4.57. The quantitative estimate of drug-likeness (QED) is 0.317. The molecule has 0 aliphatic heterocycles. The van der Waals surface area contributed by atoms with Crippen molar-refractivity contribution in [3.8, 4) is 16.8 Å². The number of nitrogens with one attached hydrogen (secondary N) is 1. The summed E-state index contributed by atoms with van der Waals surface area (Å²) in [4.78, 5) is 4.55. The van der Waals surface area contributed by atoms with Gasteiger partial charge in [-0.3, -0.25) is 0 Å². The maximum Gasteiger partial charge on any atom is 0.238 e. The lowest BCUT2D eigenvalue weighted by Gasteiger charge is -2.11. The van der Waals surface area contributed by atoms with E-state index >= 15 is 0 Å². The number of aromatic nitrogens is 3. The molecule has 176 valence electrons. The zero-order valence-electron chi connectivity index (χ0n) is 19.2. The van der Waals surface area contributed by atoms with Crippen LogP contribution in [-0.4, -0.2) is 23.2 Å². The molecular formula is C27H25N5O2S. The van der Waals surface area contributed by atoms with E-state index in [4.69, 9.17) is 5.14 Å². The molecule has 5 aromatic rings. The summed E-state index contributed by atoms with van der Waals surface area (Å²) in [5, 5.41) is 15.6. The van der Waals surface area contributed by atoms with Gasteiger partial charge in [-0.2, -0.15) is 5.10 Å². The number of fused-ring (bicyclic) bond motifs is 1. The Hall–Kier alpha value is -4.27. The molecule has 0 saturated carbocycles. The van der Waals surface area contributed by atoms with E-state index in [1.54, 1.807) is 30.5 Å². The Labute approximate surface area is 204 Å². The van der Waals surface area contributed by atoms with Crippen molar-refractivity contribution >= 4 is 32.4 Å². The number of rotatable bonds is 5. The number of benzene rings is 3. The van der Waals surface area contributed by atoms with Gasteiger partial charge in [0.15, 0.2) is 0 Å². The molecular weight excluding hydrogens is 458 g/mol. The summed E-state index contributed by atoms with van der Waals surface area (Å²) in [6.45, 7) is 7.93.